The molecule has 1 saturated carbocycles. The Labute approximate surface area is 112 Å². The average molecular weight is 248 g/mol. The molecule has 102 valence electrons. The summed E-state index contributed by atoms with van der Waals surface area (Å²) in [6.45, 7) is 10.4. The van der Waals surface area contributed by atoms with E-state index in [1.54, 1.807) is 0 Å². The standard InChI is InChI=1S/C16H28N2/c1-5-9-13(10-6-2)18-15(17)14(7-3)16(8-4)11-12-16/h7-8,13H,4-6,9-12H2,1-3H3,(H2,17,18)/b14-7+. The summed E-state index contributed by atoms with van der Waals surface area (Å²) in [4.78, 5) is 4.76. The lowest BCUT2D eigenvalue weighted by Gasteiger charge is -2.17. The van der Waals surface area contributed by atoms with Gasteiger partial charge in [0.05, 0.1) is 6.04 Å². The van der Waals surface area contributed by atoms with E-state index in [0.717, 1.165) is 18.7 Å². The SMILES string of the molecule is C=CC1(/C(=C/C)C(N)=NC(CCC)CCC)CC1. The summed E-state index contributed by atoms with van der Waals surface area (Å²) in [5, 5.41) is 0. The van der Waals surface area contributed by atoms with Gasteiger partial charge in [-0.2, -0.15) is 0 Å². The molecule has 0 aromatic rings. The van der Waals surface area contributed by atoms with Gasteiger partial charge in [-0.15, -0.1) is 6.58 Å². The van der Waals surface area contributed by atoms with E-state index in [2.05, 4.69) is 33.4 Å². The molecular weight excluding hydrogens is 220 g/mol. The Morgan fingerprint density at radius 2 is 1.89 bits per heavy atom. The minimum absolute atomic E-state index is 0.130. The normalized spacial score (nSPS) is 19.1. The van der Waals surface area contributed by atoms with E-state index in [1.165, 1.54) is 31.3 Å². The highest BCUT2D eigenvalue weighted by molar-refractivity contribution is 5.99. The van der Waals surface area contributed by atoms with Crippen molar-refractivity contribution in [2.75, 3.05) is 0 Å². The molecule has 2 heteroatoms. The van der Waals surface area contributed by atoms with Crippen LogP contribution in [-0.2, 0) is 0 Å². The van der Waals surface area contributed by atoms with Gasteiger partial charge in [0.1, 0.15) is 5.84 Å². The summed E-state index contributed by atoms with van der Waals surface area (Å²) in [5.41, 5.74) is 7.55. The lowest BCUT2D eigenvalue weighted by molar-refractivity contribution is 0.555. The van der Waals surface area contributed by atoms with E-state index in [1.807, 2.05) is 6.08 Å². The van der Waals surface area contributed by atoms with Crippen molar-refractivity contribution in [3.63, 3.8) is 0 Å². The number of nitrogens with two attached hydrogens (primary N) is 1. The molecule has 1 aliphatic carbocycles. The van der Waals surface area contributed by atoms with Gasteiger partial charge in [0.25, 0.3) is 0 Å². The van der Waals surface area contributed by atoms with Gasteiger partial charge >= 0.3 is 0 Å². The van der Waals surface area contributed by atoms with E-state index in [4.69, 9.17) is 10.7 Å². The third-order valence-electron chi connectivity index (χ3n) is 3.85. The van der Waals surface area contributed by atoms with Crippen LogP contribution in [0.25, 0.3) is 0 Å². The summed E-state index contributed by atoms with van der Waals surface area (Å²) in [7, 11) is 0. The van der Waals surface area contributed by atoms with Gasteiger partial charge in [0, 0.05) is 5.41 Å². The molecule has 0 amide bonds. The minimum Gasteiger partial charge on any atom is -0.384 e. The fourth-order valence-corrected chi connectivity index (χ4v) is 2.61. The highest BCUT2D eigenvalue weighted by atomic mass is 14.9. The quantitative estimate of drug-likeness (QED) is 0.390. The highest BCUT2D eigenvalue weighted by Gasteiger charge is 2.44. The zero-order chi connectivity index (χ0) is 13.6. The van der Waals surface area contributed by atoms with Crippen LogP contribution in [0, 0.1) is 5.41 Å². The van der Waals surface area contributed by atoms with Gasteiger partial charge in [0.2, 0.25) is 0 Å². The summed E-state index contributed by atoms with van der Waals surface area (Å²) in [5.74, 6) is 0.738. The van der Waals surface area contributed by atoms with Crippen molar-refractivity contribution in [1.29, 1.82) is 0 Å². The lowest BCUT2D eigenvalue weighted by Crippen LogP contribution is -2.23. The van der Waals surface area contributed by atoms with Crippen LogP contribution in [0.5, 0.6) is 0 Å². The number of allylic oxidation sites excluding steroid dienone is 2. The van der Waals surface area contributed by atoms with Gasteiger partial charge in [-0.1, -0.05) is 38.8 Å². The molecule has 18 heavy (non-hydrogen) atoms. The largest absolute Gasteiger partial charge is 0.384 e. The molecule has 0 bridgehead atoms. The monoisotopic (exact) mass is 248 g/mol. The zero-order valence-electron chi connectivity index (χ0n) is 12.2. The summed E-state index contributed by atoms with van der Waals surface area (Å²) >= 11 is 0. The van der Waals surface area contributed by atoms with E-state index in [9.17, 15) is 0 Å². The first-order valence-electron chi connectivity index (χ1n) is 7.27. The van der Waals surface area contributed by atoms with Crippen LogP contribution in [0.15, 0.2) is 29.3 Å². The van der Waals surface area contributed by atoms with Gasteiger partial charge < -0.3 is 5.73 Å². The fraction of sp³-hybridized carbons (Fsp3) is 0.688. The molecule has 0 radical (unpaired) electrons. The topological polar surface area (TPSA) is 38.4 Å². The molecule has 0 heterocycles. The van der Waals surface area contributed by atoms with Gasteiger partial charge in [-0.3, -0.25) is 4.99 Å². The number of nitrogens with zero attached hydrogens (tertiary/aromatic N) is 1. The second-order valence-electron chi connectivity index (χ2n) is 5.31. The second kappa shape index (κ2) is 6.77. The first-order chi connectivity index (χ1) is 8.63. The molecule has 2 nitrogen and oxygen atoms in total. The Hall–Kier alpha value is -1.05. The molecule has 0 spiro atoms. The molecule has 2 N–H and O–H groups in total. The zero-order valence-corrected chi connectivity index (χ0v) is 12.2. The maximum Gasteiger partial charge on any atom is 0.122 e. The van der Waals surface area contributed by atoms with Crippen LogP contribution >= 0.6 is 0 Å². The Morgan fingerprint density at radius 1 is 1.33 bits per heavy atom. The molecule has 0 aromatic carbocycles. The Balaban J connectivity index is 2.82. The summed E-state index contributed by atoms with van der Waals surface area (Å²) in [6.07, 6.45) is 11.1. The van der Waals surface area contributed by atoms with Crippen LogP contribution in [0.3, 0.4) is 0 Å². The number of rotatable bonds is 8. The van der Waals surface area contributed by atoms with Crippen molar-refractivity contribution in [2.24, 2.45) is 16.1 Å². The first kappa shape index (κ1) is 15.0. The predicted octanol–water partition coefficient (Wildman–Crippen LogP) is 4.22. The molecule has 1 fully saturated rings. The van der Waals surface area contributed by atoms with Crippen molar-refractivity contribution < 1.29 is 0 Å². The first-order valence-corrected chi connectivity index (χ1v) is 7.27. The lowest BCUT2D eigenvalue weighted by atomic mass is 9.94. The van der Waals surface area contributed by atoms with Gasteiger partial charge in [-0.05, 0) is 38.2 Å². The molecule has 0 unspecified atom stereocenters. The third-order valence-corrected chi connectivity index (χ3v) is 3.85. The Bertz CT molecular complexity index is 329. The van der Waals surface area contributed by atoms with E-state index < -0.39 is 0 Å². The molecular formula is C16H28N2. The van der Waals surface area contributed by atoms with Crippen LogP contribution in [-0.4, -0.2) is 11.9 Å². The maximum atomic E-state index is 6.23. The molecule has 1 rings (SSSR count). The molecule has 1 aliphatic rings. The van der Waals surface area contributed by atoms with Crippen LogP contribution in [0.2, 0.25) is 0 Å². The molecule has 0 aromatic heterocycles. The second-order valence-corrected chi connectivity index (χ2v) is 5.31. The van der Waals surface area contributed by atoms with Crippen LogP contribution < -0.4 is 5.73 Å². The van der Waals surface area contributed by atoms with Gasteiger partial charge in [-0.25, -0.2) is 0 Å². The van der Waals surface area contributed by atoms with Crippen LogP contribution in [0.1, 0.15) is 59.3 Å². The van der Waals surface area contributed by atoms with Crippen molar-refractivity contribution in [3.8, 4) is 0 Å². The van der Waals surface area contributed by atoms with Crippen molar-refractivity contribution in [1.82, 2.24) is 0 Å². The molecule has 0 aliphatic heterocycles. The average Bonchev–Trinajstić information content (AvgIpc) is 3.11. The smallest absolute Gasteiger partial charge is 0.122 e. The molecule has 0 saturated heterocycles. The van der Waals surface area contributed by atoms with Gasteiger partial charge in [0.15, 0.2) is 0 Å². The third kappa shape index (κ3) is 3.47. The highest BCUT2D eigenvalue weighted by Crippen LogP contribution is 2.52. The van der Waals surface area contributed by atoms with E-state index in [0.29, 0.717) is 6.04 Å². The van der Waals surface area contributed by atoms with Crippen LogP contribution in [0.4, 0.5) is 0 Å². The number of aliphatic imine (C=N–C) groups is 1. The summed E-state index contributed by atoms with van der Waals surface area (Å²) in [6, 6.07) is 0.385. The number of amidine groups is 1. The maximum absolute atomic E-state index is 6.23. The Kier molecular flexibility index (Phi) is 5.64. The van der Waals surface area contributed by atoms with E-state index >= 15 is 0 Å². The number of hydrogen-bond donors (Lipinski definition) is 1. The predicted molar refractivity (Wildman–Crippen MR) is 80.8 cm³/mol. The Morgan fingerprint density at radius 3 is 2.22 bits per heavy atom. The van der Waals surface area contributed by atoms with E-state index in [-0.39, 0.29) is 5.41 Å². The van der Waals surface area contributed by atoms with Crippen molar-refractivity contribution in [2.45, 2.75) is 65.3 Å². The van der Waals surface area contributed by atoms with Crippen molar-refractivity contribution in [3.05, 3.63) is 24.3 Å². The number of hydrogen-bond acceptors (Lipinski definition) is 1. The summed E-state index contributed by atoms with van der Waals surface area (Å²) < 4.78 is 0. The molecule has 0 atom stereocenters. The van der Waals surface area contributed by atoms with Crippen molar-refractivity contribution >= 4 is 5.84 Å². The minimum atomic E-state index is 0.130. The fourth-order valence-electron chi connectivity index (χ4n) is 2.61.